The van der Waals surface area contributed by atoms with E-state index in [1.807, 2.05) is 37.3 Å². The van der Waals surface area contributed by atoms with Gasteiger partial charge in [0.1, 0.15) is 17.2 Å². The molecule has 0 spiro atoms. The van der Waals surface area contributed by atoms with Gasteiger partial charge in [0, 0.05) is 43.0 Å². The second-order valence-electron chi connectivity index (χ2n) is 5.94. The molecular weight excluding hydrogens is 358 g/mol. The number of hydrogen-bond acceptors (Lipinski definition) is 7. The number of nitrogens with zero attached hydrogens (tertiary/aromatic N) is 5. The number of pyridine rings is 1. The van der Waals surface area contributed by atoms with Crippen molar-refractivity contribution in [1.29, 1.82) is 0 Å². The Bertz CT molecular complexity index is 1160. The highest BCUT2D eigenvalue weighted by Gasteiger charge is 2.09. The zero-order chi connectivity index (χ0) is 19.5. The van der Waals surface area contributed by atoms with Gasteiger partial charge in [0.25, 0.3) is 11.7 Å². The topological polar surface area (TPSA) is 106 Å². The van der Waals surface area contributed by atoms with E-state index >= 15 is 0 Å². The Hall–Kier alpha value is -4.01. The summed E-state index contributed by atoms with van der Waals surface area (Å²) in [7, 11) is 1.55. The number of hydrogen-bond donors (Lipinski definition) is 2. The summed E-state index contributed by atoms with van der Waals surface area (Å²) >= 11 is 0. The molecule has 0 saturated heterocycles. The molecule has 0 bridgehead atoms. The Morgan fingerprint density at radius 3 is 2.71 bits per heavy atom. The first-order chi connectivity index (χ1) is 13.6. The quantitative estimate of drug-likeness (QED) is 0.552. The van der Waals surface area contributed by atoms with Gasteiger partial charge >= 0.3 is 0 Å². The molecular formula is C19H17N7O2. The predicted molar refractivity (Wildman–Crippen MR) is 103 cm³/mol. The van der Waals surface area contributed by atoms with E-state index < -0.39 is 0 Å². The number of aryl methyl sites for hydroxylation is 1. The molecule has 3 aromatic heterocycles. The van der Waals surface area contributed by atoms with Gasteiger partial charge in [-0.15, -0.1) is 5.10 Å². The molecule has 1 amide bonds. The lowest BCUT2D eigenvalue weighted by Gasteiger charge is -2.08. The third-order valence-electron chi connectivity index (χ3n) is 3.95. The van der Waals surface area contributed by atoms with E-state index in [2.05, 4.69) is 30.7 Å². The van der Waals surface area contributed by atoms with Crippen LogP contribution in [0.1, 0.15) is 16.2 Å². The Labute approximate surface area is 160 Å². The smallest absolute Gasteiger partial charge is 0.269 e. The van der Waals surface area contributed by atoms with Crippen molar-refractivity contribution in [2.24, 2.45) is 0 Å². The number of nitrogens with one attached hydrogen (secondary N) is 2. The summed E-state index contributed by atoms with van der Waals surface area (Å²) < 4.78 is 7.52. The fourth-order valence-electron chi connectivity index (χ4n) is 2.59. The van der Waals surface area contributed by atoms with Gasteiger partial charge in [-0.25, -0.2) is 4.98 Å². The van der Waals surface area contributed by atoms with Crippen molar-refractivity contribution in [1.82, 2.24) is 29.9 Å². The van der Waals surface area contributed by atoms with Crippen LogP contribution >= 0.6 is 0 Å². The van der Waals surface area contributed by atoms with E-state index in [0.717, 1.165) is 11.4 Å². The molecule has 4 aromatic rings. The van der Waals surface area contributed by atoms with Crippen LogP contribution in [0, 0.1) is 6.92 Å². The Kier molecular flexibility index (Phi) is 4.55. The third kappa shape index (κ3) is 3.58. The number of ether oxygens (including phenoxy) is 1. The van der Waals surface area contributed by atoms with Gasteiger partial charge in [0.2, 0.25) is 5.95 Å². The minimum Gasteiger partial charge on any atom is -0.457 e. The zero-order valence-electron chi connectivity index (χ0n) is 15.2. The van der Waals surface area contributed by atoms with Crippen molar-refractivity contribution >= 4 is 23.3 Å². The maximum atomic E-state index is 11.7. The highest BCUT2D eigenvalue weighted by molar-refractivity contribution is 5.92. The van der Waals surface area contributed by atoms with Crippen LogP contribution in [0.5, 0.6) is 11.5 Å². The van der Waals surface area contributed by atoms with Crippen molar-refractivity contribution in [3.8, 4) is 11.5 Å². The average Bonchev–Trinajstić information content (AvgIpc) is 3.12. The summed E-state index contributed by atoms with van der Waals surface area (Å²) in [5.41, 5.74) is 1.98. The maximum absolute atomic E-state index is 11.7. The highest BCUT2D eigenvalue weighted by atomic mass is 16.5. The van der Waals surface area contributed by atoms with Crippen molar-refractivity contribution in [2.45, 2.75) is 6.92 Å². The van der Waals surface area contributed by atoms with Gasteiger partial charge in [-0.2, -0.15) is 9.50 Å². The first-order valence-corrected chi connectivity index (χ1v) is 8.54. The summed E-state index contributed by atoms with van der Waals surface area (Å²) in [5.74, 6) is 1.79. The molecule has 28 heavy (non-hydrogen) atoms. The summed E-state index contributed by atoms with van der Waals surface area (Å²) in [5, 5.41) is 10.1. The molecule has 0 aliphatic heterocycles. The normalized spacial score (nSPS) is 10.6. The van der Waals surface area contributed by atoms with Crippen LogP contribution in [0.25, 0.3) is 5.78 Å². The molecule has 140 valence electrons. The average molecular weight is 375 g/mol. The lowest BCUT2D eigenvalue weighted by molar-refractivity contribution is 0.0958. The fraction of sp³-hybridized carbons (Fsp3) is 0.105. The monoisotopic (exact) mass is 375 g/mol. The van der Waals surface area contributed by atoms with Crippen LogP contribution < -0.4 is 15.4 Å². The molecule has 0 radical (unpaired) electrons. The molecule has 0 unspecified atom stereocenters. The molecule has 2 N–H and O–H groups in total. The van der Waals surface area contributed by atoms with E-state index in [0.29, 0.717) is 23.2 Å². The van der Waals surface area contributed by atoms with E-state index in [4.69, 9.17) is 4.74 Å². The van der Waals surface area contributed by atoms with E-state index in [9.17, 15) is 4.79 Å². The number of amides is 1. The van der Waals surface area contributed by atoms with Crippen LogP contribution in [0.3, 0.4) is 0 Å². The predicted octanol–water partition coefficient (Wildman–Crippen LogP) is 2.72. The number of rotatable bonds is 5. The van der Waals surface area contributed by atoms with Gasteiger partial charge in [-0.3, -0.25) is 9.78 Å². The van der Waals surface area contributed by atoms with Crippen LogP contribution in [-0.2, 0) is 0 Å². The molecule has 0 atom stereocenters. The van der Waals surface area contributed by atoms with Gasteiger partial charge in [0.05, 0.1) is 0 Å². The summed E-state index contributed by atoms with van der Waals surface area (Å²) in [4.78, 5) is 24.3. The van der Waals surface area contributed by atoms with Gasteiger partial charge in [-0.05, 0) is 31.2 Å². The highest BCUT2D eigenvalue weighted by Crippen LogP contribution is 2.25. The fourth-order valence-corrected chi connectivity index (χ4v) is 2.59. The second kappa shape index (κ2) is 7.31. The first kappa shape index (κ1) is 17.4. The Morgan fingerprint density at radius 2 is 1.89 bits per heavy atom. The summed E-state index contributed by atoms with van der Waals surface area (Å²) in [6.45, 7) is 1.93. The minimum atomic E-state index is -0.275. The van der Waals surface area contributed by atoms with Crippen molar-refractivity contribution in [3.63, 3.8) is 0 Å². The molecule has 1 aromatic carbocycles. The van der Waals surface area contributed by atoms with Gasteiger partial charge in [0.15, 0.2) is 0 Å². The van der Waals surface area contributed by atoms with E-state index in [1.165, 1.54) is 6.20 Å². The lowest BCUT2D eigenvalue weighted by atomic mass is 10.3. The van der Waals surface area contributed by atoms with Crippen molar-refractivity contribution < 1.29 is 9.53 Å². The summed E-state index contributed by atoms with van der Waals surface area (Å²) in [6, 6.07) is 12.5. The lowest BCUT2D eigenvalue weighted by Crippen LogP contribution is -2.18. The minimum absolute atomic E-state index is 0.275. The standard InChI is InChI=1S/C19H17N7O2/c1-12-6-8-22-19-24-18(25-26(12)19)23-13-4-3-5-14(10-13)28-15-7-9-21-16(11-15)17(27)20-2/h3-11H,1-2H3,(H,20,27)(H,23,25). The number of carbonyl (C=O) groups is 1. The van der Waals surface area contributed by atoms with Crippen LogP contribution in [0.15, 0.2) is 54.9 Å². The van der Waals surface area contributed by atoms with Crippen LogP contribution in [-0.4, -0.2) is 37.5 Å². The number of benzene rings is 1. The van der Waals surface area contributed by atoms with Crippen molar-refractivity contribution in [3.05, 3.63) is 66.2 Å². The number of carbonyl (C=O) groups excluding carboxylic acids is 1. The van der Waals surface area contributed by atoms with E-state index in [1.54, 1.807) is 29.9 Å². The largest absolute Gasteiger partial charge is 0.457 e. The van der Waals surface area contributed by atoms with E-state index in [-0.39, 0.29) is 11.6 Å². The number of anilines is 2. The SMILES string of the molecule is CNC(=O)c1cc(Oc2cccc(Nc3nc4nccc(C)n4n3)c2)ccn1. The maximum Gasteiger partial charge on any atom is 0.269 e. The summed E-state index contributed by atoms with van der Waals surface area (Å²) in [6.07, 6.45) is 3.22. The third-order valence-corrected chi connectivity index (χ3v) is 3.95. The van der Waals surface area contributed by atoms with Crippen LogP contribution in [0.4, 0.5) is 11.6 Å². The van der Waals surface area contributed by atoms with Crippen LogP contribution in [0.2, 0.25) is 0 Å². The molecule has 3 heterocycles. The molecule has 9 heteroatoms. The molecule has 4 rings (SSSR count). The zero-order valence-corrected chi connectivity index (χ0v) is 15.2. The van der Waals surface area contributed by atoms with Gasteiger partial charge < -0.3 is 15.4 Å². The molecule has 0 fully saturated rings. The second-order valence-corrected chi connectivity index (χ2v) is 5.94. The molecule has 0 aliphatic carbocycles. The Balaban J connectivity index is 1.54. The van der Waals surface area contributed by atoms with Gasteiger partial charge in [-0.1, -0.05) is 6.07 Å². The van der Waals surface area contributed by atoms with Crippen molar-refractivity contribution in [2.75, 3.05) is 12.4 Å². The molecule has 0 saturated carbocycles. The first-order valence-electron chi connectivity index (χ1n) is 8.54. The number of aromatic nitrogens is 5. The Morgan fingerprint density at radius 1 is 1.07 bits per heavy atom. The number of fused-ring (bicyclic) bond motifs is 1. The molecule has 9 nitrogen and oxygen atoms in total. The molecule has 0 aliphatic rings.